The second-order valence-electron chi connectivity index (χ2n) is 13.2. The minimum atomic E-state index is -1.73. The Kier molecular flexibility index (Phi) is 7.11. The lowest BCUT2D eigenvalue weighted by molar-refractivity contribution is -0.0854. The van der Waals surface area contributed by atoms with Crippen LogP contribution in [0.2, 0.25) is 26.2 Å². The van der Waals surface area contributed by atoms with Gasteiger partial charge < -0.3 is 8.85 Å². The highest BCUT2D eigenvalue weighted by molar-refractivity contribution is 6.76. The SMILES string of the molecule is C=C[Si](C)(C)O[C@H]1CCC2C3CC[C@@]4(C)C(CC[C@@H]4[C@@H](C)O[Si](C)(C)C=C)C3CC[C@H]2C1. The molecule has 4 rings (SSSR count). The second-order valence-corrected chi connectivity index (χ2v) is 20.9. The van der Waals surface area contributed by atoms with Crippen LogP contribution in [0.1, 0.15) is 71.6 Å². The average Bonchev–Trinajstić information content (AvgIpc) is 3.10. The molecule has 0 spiro atoms. The summed E-state index contributed by atoms with van der Waals surface area (Å²) in [5.41, 5.74) is 4.70. The molecule has 0 radical (unpaired) electrons. The molecule has 0 amide bonds. The Hall–Kier alpha value is -0.166. The topological polar surface area (TPSA) is 18.5 Å². The summed E-state index contributed by atoms with van der Waals surface area (Å²) < 4.78 is 13.3. The Morgan fingerprint density at radius 3 is 2.22 bits per heavy atom. The quantitative estimate of drug-likeness (QED) is 0.349. The van der Waals surface area contributed by atoms with Gasteiger partial charge in [0.1, 0.15) is 0 Å². The van der Waals surface area contributed by atoms with Crippen LogP contribution in [0.25, 0.3) is 0 Å². The fourth-order valence-corrected chi connectivity index (χ4v) is 11.2. The van der Waals surface area contributed by atoms with E-state index in [2.05, 4.69) is 64.6 Å². The molecule has 32 heavy (non-hydrogen) atoms. The molecule has 4 saturated carbocycles. The largest absolute Gasteiger partial charge is 0.411 e. The Balaban J connectivity index is 1.42. The van der Waals surface area contributed by atoms with E-state index in [9.17, 15) is 0 Å². The van der Waals surface area contributed by atoms with Crippen LogP contribution in [0.3, 0.4) is 0 Å². The summed E-state index contributed by atoms with van der Waals surface area (Å²) in [4.78, 5) is 0. The van der Waals surface area contributed by atoms with Crippen molar-refractivity contribution in [3.05, 3.63) is 24.6 Å². The molecule has 9 atom stereocenters. The molecule has 4 unspecified atom stereocenters. The average molecular weight is 475 g/mol. The third-order valence-electron chi connectivity index (χ3n) is 10.5. The Morgan fingerprint density at radius 1 is 0.844 bits per heavy atom. The molecule has 4 aliphatic rings. The zero-order chi connectivity index (χ0) is 23.3. The highest BCUT2D eigenvalue weighted by Crippen LogP contribution is 2.65. The van der Waals surface area contributed by atoms with Crippen LogP contribution in [0.5, 0.6) is 0 Å². The maximum atomic E-state index is 6.67. The molecule has 4 heteroatoms. The molecule has 0 aromatic carbocycles. The zero-order valence-electron chi connectivity index (χ0n) is 21.9. The first-order valence-corrected chi connectivity index (χ1v) is 19.6. The van der Waals surface area contributed by atoms with Gasteiger partial charge in [-0.25, -0.2) is 0 Å². The molecule has 0 saturated heterocycles. The van der Waals surface area contributed by atoms with Gasteiger partial charge in [0.25, 0.3) is 0 Å². The first kappa shape index (κ1) is 24.9. The molecule has 0 bridgehead atoms. The van der Waals surface area contributed by atoms with Gasteiger partial charge in [0.15, 0.2) is 0 Å². The lowest BCUT2D eigenvalue weighted by Gasteiger charge is -2.57. The van der Waals surface area contributed by atoms with Gasteiger partial charge in [-0.3, -0.25) is 0 Å². The maximum Gasteiger partial charge on any atom is 0.210 e. The van der Waals surface area contributed by atoms with E-state index in [-0.39, 0.29) is 0 Å². The van der Waals surface area contributed by atoms with Gasteiger partial charge in [0.2, 0.25) is 16.6 Å². The first-order valence-electron chi connectivity index (χ1n) is 13.6. The number of fused-ring (bicyclic) bond motifs is 5. The van der Waals surface area contributed by atoms with Gasteiger partial charge in [-0.05, 0) is 132 Å². The van der Waals surface area contributed by atoms with Crippen molar-refractivity contribution in [2.75, 3.05) is 0 Å². The predicted octanol–water partition coefficient (Wildman–Crippen LogP) is 7.91. The van der Waals surface area contributed by atoms with Crippen molar-refractivity contribution >= 4 is 16.6 Å². The standard InChI is InChI=1S/C28H50O2Si2/c1-9-31(5,6)29-20(3)26-15-16-27-25-13-11-21-19-22(30-32(7,8)10-2)12-14-23(21)24(25)17-18-28(26,27)4/h9-10,20-27H,1-2,11-19H2,3-8H3/t20-,21+,22+,23?,24?,25?,26-,27?,28-/m1/s1. The molecular formula is C28H50O2Si2. The summed E-state index contributed by atoms with van der Waals surface area (Å²) >= 11 is 0. The van der Waals surface area contributed by atoms with Crippen molar-refractivity contribution in [1.29, 1.82) is 0 Å². The zero-order valence-corrected chi connectivity index (χ0v) is 23.9. The molecular weight excluding hydrogens is 424 g/mol. The Morgan fingerprint density at radius 2 is 1.53 bits per heavy atom. The van der Waals surface area contributed by atoms with E-state index in [1.807, 2.05) is 0 Å². The van der Waals surface area contributed by atoms with Crippen molar-refractivity contribution in [2.24, 2.45) is 40.9 Å². The molecule has 0 aromatic heterocycles. The van der Waals surface area contributed by atoms with Crippen LogP contribution in [0.15, 0.2) is 24.6 Å². The fourth-order valence-electron chi connectivity index (χ4n) is 8.82. The van der Waals surface area contributed by atoms with Crippen LogP contribution in [-0.4, -0.2) is 28.8 Å². The first-order chi connectivity index (χ1) is 15.0. The third kappa shape index (κ3) is 4.68. The van der Waals surface area contributed by atoms with E-state index >= 15 is 0 Å². The third-order valence-corrected chi connectivity index (χ3v) is 14.4. The minimum Gasteiger partial charge on any atom is -0.411 e. The van der Waals surface area contributed by atoms with E-state index in [0.29, 0.717) is 17.6 Å². The van der Waals surface area contributed by atoms with Crippen molar-refractivity contribution in [1.82, 2.24) is 0 Å². The van der Waals surface area contributed by atoms with Gasteiger partial charge in [0.05, 0.1) is 0 Å². The molecule has 0 aromatic rings. The highest BCUT2D eigenvalue weighted by atomic mass is 28.4. The molecule has 0 heterocycles. The van der Waals surface area contributed by atoms with Crippen molar-refractivity contribution in [2.45, 2.75) is 110 Å². The summed E-state index contributed by atoms with van der Waals surface area (Å²) in [6.07, 6.45) is 13.5. The van der Waals surface area contributed by atoms with Crippen LogP contribution < -0.4 is 0 Å². The summed E-state index contributed by atoms with van der Waals surface area (Å²) in [7, 11) is -3.41. The maximum absolute atomic E-state index is 6.67. The lowest BCUT2D eigenvalue weighted by Crippen LogP contribution is -2.51. The van der Waals surface area contributed by atoms with Crippen LogP contribution in [0.4, 0.5) is 0 Å². The minimum absolute atomic E-state index is 0.377. The molecule has 0 N–H and O–H groups in total. The van der Waals surface area contributed by atoms with E-state index in [0.717, 1.165) is 35.5 Å². The van der Waals surface area contributed by atoms with Crippen LogP contribution >= 0.6 is 0 Å². The molecule has 4 fully saturated rings. The number of rotatable bonds is 7. The van der Waals surface area contributed by atoms with Gasteiger partial charge in [-0.2, -0.15) is 0 Å². The Labute approximate surface area is 200 Å². The van der Waals surface area contributed by atoms with E-state index in [4.69, 9.17) is 8.85 Å². The normalized spacial score (nSPS) is 43.0. The van der Waals surface area contributed by atoms with Gasteiger partial charge >= 0.3 is 0 Å². The highest BCUT2D eigenvalue weighted by Gasteiger charge is 2.58. The summed E-state index contributed by atoms with van der Waals surface area (Å²) in [6, 6.07) is 0. The van der Waals surface area contributed by atoms with Crippen molar-refractivity contribution < 1.29 is 8.85 Å². The molecule has 182 valence electrons. The van der Waals surface area contributed by atoms with Crippen molar-refractivity contribution in [3.63, 3.8) is 0 Å². The van der Waals surface area contributed by atoms with Crippen LogP contribution in [-0.2, 0) is 8.85 Å². The van der Waals surface area contributed by atoms with Gasteiger partial charge in [-0.1, -0.05) is 18.3 Å². The number of hydrogen-bond acceptors (Lipinski definition) is 2. The van der Waals surface area contributed by atoms with E-state index in [1.165, 1.54) is 57.8 Å². The smallest absolute Gasteiger partial charge is 0.210 e. The summed E-state index contributed by atoms with van der Waals surface area (Å²) in [5.74, 6) is 5.47. The summed E-state index contributed by atoms with van der Waals surface area (Å²) in [5, 5.41) is 0. The molecule has 0 aliphatic heterocycles. The van der Waals surface area contributed by atoms with Crippen molar-refractivity contribution in [3.8, 4) is 0 Å². The monoisotopic (exact) mass is 474 g/mol. The van der Waals surface area contributed by atoms with E-state index in [1.54, 1.807) is 0 Å². The predicted molar refractivity (Wildman–Crippen MR) is 141 cm³/mol. The van der Waals surface area contributed by atoms with E-state index < -0.39 is 16.6 Å². The fraction of sp³-hybridized carbons (Fsp3) is 0.857. The van der Waals surface area contributed by atoms with Crippen LogP contribution in [0, 0.1) is 40.9 Å². The molecule has 2 nitrogen and oxygen atoms in total. The lowest BCUT2D eigenvalue weighted by atomic mass is 9.49. The van der Waals surface area contributed by atoms with Gasteiger partial charge in [0, 0.05) is 12.2 Å². The van der Waals surface area contributed by atoms with Gasteiger partial charge in [-0.15, -0.1) is 13.2 Å². The Bertz CT molecular complexity index is 704. The second kappa shape index (κ2) is 9.13. The summed E-state index contributed by atoms with van der Waals surface area (Å²) in [6.45, 7) is 22.3. The molecule has 4 aliphatic carbocycles. The number of hydrogen-bond donors (Lipinski definition) is 0.